The maximum atomic E-state index is 3.94. The van der Waals surface area contributed by atoms with Crippen LogP contribution in [0.25, 0.3) is 6.08 Å². The van der Waals surface area contributed by atoms with Crippen LogP contribution in [0.15, 0.2) is 43.1 Å². The minimum atomic E-state index is -0.819. The highest BCUT2D eigenvalue weighted by atomic mass is 28.3. The standard InChI is InChI=1S/C13H19N2Si/c1-5-11-7-9-12(10-8-11)16(6-2)13(14-3)15-4/h5-10,13-15H,1-2H2,3-4H3. The molecule has 0 saturated heterocycles. The van der Waals surface area contributed by atoms with Crippen LogP contribution in [-0.4, -0.2) is 28.7 Å². The van der Waals surface area contributed by atoms with Gasteiger partial charge in [-0.05, 0) is 19.7 Å². The molecule has 2 N–H and O–H groups in total. The van der Waals surface area contributed by atoms with Crippen molar-refractivity contribution >= 4 is 20.1 Å². The Morgan fingerprint density at radius 1 is 1.12 bits per heavy atom. The smallest absolute Gasteiger partial charge is 0.149 e. The van der Waals surface area contributed by atoms with E-state index in [1.54, 1.807) is 0 Å². The average molecular weight is 231 g/mol. The molecule has 1 radical (unpaired) electrons. The Kier molecular flexibility index (Phi) is 5.18. The van der Waals surface area contributed by atoms with Crippen molar-refractivity contribution < 1.29 is 0 Å². The van der Waals surface area contributed by atoms with Crippen LogP contribution in [0.4, 0.5) is 0 Å². The van der Waals surface area contributed by atoms with Gasteiger partial charge in [-0.2, -0.15) is 0 Å². The number of rotatable bonds is 6. The number of benzene rings is 1. The predicted molar refractivity (Wildman–Crippen MR) is 74.0 cm³/mol. The fraction of sp³-hybridized carbons (Fsp3) is 0.231. The molecule has 0 aliphatic carbocycles. The van der Waals surface area contributed by atoms with Crippen molar-refractivity contribution in [1.82, 2.24) is 10.6 Å². The maximum absolute atomic E-state index is 3.94. The van der Waals surface area contributed by atoms with Gasteiger partial charge < -0.3 is 10.6 Å². The lowest BCUT2D eigenvalue weighted by molar-refractivity contribution is 0.633. The van der Waals surface area contributed by atoms with E-state index in [2.05, 4.69) is 53.8 Å². The van der Waals surface area contributed by atoms with Crippen LogP contribution in [0.1, 0.15) is 5.56 Å². The first kappa shape index (κ1) is 12.9. The van der Waals surface area contributed by atoms with Gasteiger partial charge in [0.2, 0.25) is 0 Å². The van der Waals surface area contributed by atoms with E-state index in [1.807, 2.05) is 20.2 Å². The molecule has 3 heteroatoms. The molecule has 85 valence electrons. The quantitative estimate of drug-likeness (QED) is 0.565. The van der Waals surface area contributed by atoms with E-state index < -0.39 is 8.80 Å². The molecule has 1 aromatic carbocycles. The van der Waals surface area contributed by atoms with Gasteiger partial charge in [-0.15, -0.1) is 6.58 Å². The van der Waals surface area contributed by atoms with Gasteiger partial charge in [0.05, 0.1) is 5.79 Å². The Balaban J connectivity index is 2.94. The molecule has 0 aromatic heterocycles. The Bertz CT molecular complexity index is 341. The van der Waals surface area contributed by atoms with Gasteiger partial charge in [0.25, 0.3) is 0 Å². The van der Waals surface area contributed by atoms with Gasteiger partial charge >= 0.3 is 0 Å². The number of hydrogen-bond acceptors (Lipinski definition) is 2. The first-order chi connectivity index (χ1) is 7.76. The summed E-state index contributed by atoms with van der Waals surface area (Å²) in [5, 5.41) is 7.89. The molecule has 0 saturated carbocycles. The molecule has 0 aliphatic rings. The van der Waals surface area contributed by atoms with E-state index in [0.29, 0.717) is 5.79 Å². The van der Waals surface area contributed by atoms with E-state index >= 15 is 0 Å². The number of nitrogens with one attached hydrogen (secondary N) is 2. The molecular formula is C13H19N2Si. The third-order valence-corrected chi connectivity index (χ3v) is 5.23. The summed E-state index contributed by atoms with van der Waals surface area (Å²) in [5.74, 6) is 0.303. The number of hydrogen-bond donors (Lipinski definition) is 2. The summed E-state index contributed by atoms with van der Waals surface area (Å²) in [6, 6.07) is 8.51. The van der Waals surface area contributed by atoms with Crippen LogP contribution in [0.2, 0.25) is 0 Å². The molecule has 0 bridgehead atoms. The van der Waals surface area contributed by atoms with E-state index in [-0.39, 0.29) is 0 Å². The van der Waals surface area contributed by atoms with Crippen LogP contribution in [-0.2, 0) is 0 Å². The first-order valence-electron chi connectivity index (χ1n) is 5.33. The van der Waals surface area contributed by atoms with Gasteiger partial charge in [0, 0.05) is 0 Å². The van der Waals surface area contributed by atoms with Crippen LogP contribution >= 0.6 is 0 Å². The normalized spacial score (nSPS) is 10.8. The second kappa shape index (κ2) is 6.43. The third kappa shape index (κ3) is 2.92. The highest BCUT2D eigenvalue weighted by Crippen LogP contribution is 2.00. The molecule has 0 aliphatic heterocycles. The summed E-state index contributed by atoms with van der Waals surface area (Å²) in [5.41, 5.74) is 3.21. The lowest BCUT2D eigenvalue weighted by atomic mass is 10.2. The Labute approximate surface area is 99.7 Å². The molecule has 0 amide bonds. The van der Waals surface area contributed by atoms with Crippen molar-refractivity contribution in [3.8, 4) is 0 Å². The molecule has 1 aromatic rings. The monoisotopic (exact) mass is 231 g/mol. The SMILES string of the molecule is C=Cc1ccc([Si](C=C)C(NC)NC)cc1. The molecule has 0 unspecified atom stereocenters. The summed E-state index contributed by atoms with van der Waals surface area (Å²) >= 11 is 0. The van der Waals surface area contributed by atoms with Gasteiger partial charge in [0.1, 0.15) is 8.80 Å². The summed E-state index contributed by atoms with van der Waals surface area (Å²) in [6.07, 6.45) is 1.86. The Morgan fingerprint density at radius 3 is 2.06 bits per heavy atom. The fourth-order valence-electron chi connectivity index (χ4n) is 1.67. The van der Waals surface area contributed by atoms with Crippen LogP contribution in [0.5, 0.6) is 0 Å². The van der Waals surface area contributed by atoms with Crippen molar-refractivity contribution in [1.29, 1.82) is 0 Å². The van der Waals surface area contributed by atoms with E-state index in [1.165, 1.54) is 5.19 Å². The summed E-state index contributed by atoms with van der Waals surface area (Å²) < 4.78 is 0. The van der Waals surface area contributed by atoms with Crippen LogP contribution < -0.4 is 15.8 Å². The Morgan fingerprint density at radius 2 is 1.69 bits per heavy atom. The molecule has 0 atom stereocenters. The van der Waals surface area contributed by atoms with Gasteiger partial charge in [-0.3, -0.25) is 0 Å². The van der Waals surface area contributed by atoms with Crippen molar-refractivity contribution in [2.45, 2.75) is 5.79 Å². The summed E-state index contributed by atoms with van der Waals surface area (Å²) in [6.45, 7) is 7.70. The highest BCUT2D eigenvalue weighted by Gasteiger charge is 2.19. The van der Waals surface area contributed by atoms with Crippen molar-refractivity contribution in [2.24, 2.45) is 0 Å². The topological polar surface area (TPSA) is 24.1 Å². The zero-order valence-corrected chi connectivity index (χ0v) is 11.0. The fourth-order valence-corrected chi connectivity index (χ4v) is 3.65. The lowest BCUT2D eigenvalue weighted by Crippen LogP contribution is -2.55. The highest BCUT2D eigenvalue weighted by molar-refractivity contribution is 6.78. The van der Waals surface area contributed by atoms with Gasteiger partial charge in [-0.25, -0.2) is 0 Å². The van der Waals surface area contributed by atoms with E-state index in [9.17, 15) is 0 Å². The Hall–Kier alpha value is -1.16. The molecule has 16 heavy (non-hydrogen) atoms. The van der Waals surface area contributed by atoms with Gasteiger partial charge in [0.15, 0.2) is 0 Å². The predicted octanol–water partition coefficient (Wildman–Crippen LogP) is 1.06. The second-order valence-corrected chi connectivity index (χ2v) is 5.97. The zero-order chi connectivity index (χ0) is 12.0. The summed E-state index contributed by atoms with van der Waals surface area (Å²) in [7, 11) is 3.11. The minimum Gasteiger partial charge on any atom is -0.307 e. The molecule has 2 nitrogen and oxygen atoms in total. The molecule has 1 rings (SSSR count). The van der Waals surface area contributed by atoms with Crippen LogP contribution in [0, 0.1) is 0 Å². The minimum absolute atomic E-state index is 0.303. The van der Waals surface area contributed by atoms with Crippen molar-refractivity contribution in [3.05, 3.63) is 48.7 Å². The molecule has 0 heterocycles. The average Bonchev–Trinajstić information content (AvgIpc) is 2.36. The molecule has 0 fully saturated rings. The van der Waals surface area contributed by atoms with E-state index in [4.69, 9.17) is 0 Å². The molecular weight excluding hydrogens is 212 g/mol. The third-order valence-electron chi connectivity index (χ3n) is 2.59. The summed E-state index contributed by atoms with van der Waals surface area (Å²) in [4.78, 5) is 0. The van der Waals surface area contributed by atoms with E-state index in [0.717, 1.165) is 5.56 Å². The van der Waals surface area contributed by atoms with Gasteiger partial charge in [-0.1, -0.05) is 47.8 Å². The first-order valence-corrected chi connectivity index (χ1v) is 6.99. The van der Waals surface area contributed by atoms with Crippen molar-refractivity contribution in [3.63, 3.8) is 0 Å². The second-order valence-electron chi connectivity index (χ2n) is 3.50. The van der Waals surface area contributed by atoms with Crippen molar-refractivity contribution in [2.75, 3.05) is 14.1 Å². The molecule has 0 spiro atoms. The maximum Gasteiger partial charge on any atom is 0.149 e. The zero-order valence-electron chi connectivity index (χ0n) is 9.96. The largest absolute Gasteiger partial charge is 0.307 e. The van der Waals surface area contributed by atoms with Crippen LogP contribution in [0.3, 0.4) is 0 Å². The lowest BCUT2D eigenvalue weighted by Gasteiger charge is -2.22.